The van der Waals surface area contributed by atoms with Gasteiger partial charge in [-0.1, -0.05) is 0 Å². The van der Waals surface area contributed by atoms with Gasteiger partial charge in [0, 0.05) is 6.07 Å². The van der Waals surface area contributed by atoms with Gasteiger partial charge in [-0.2, -0.15) is 16.8 Å². The van der Waals surface area contributed by atoms with Crippen LogP contribution in [0.4, 0.5) is 0 Å². The van der Waals surface area contributed by atoms with Crippen molar-refractivity contribution in [1.29, 1.82) is 0 Å². The number of aliphatic hydroxyl groups is 2. The Kier molecular flexibility index (Phi) is 6.10. The van der Waals surface area contributed by atoms with Gasteiger partial charge in [0.05, 0.1) is 13.2 Å². The van der Waals surface area contributed by atoms with Gasteiger partial charge in [-0.15, -0.1) is 0 Å². The van der Waals surface area contributed by atoms with E-state index in [-0.39, 0.29) is 13.2 Å². The zero-order valence-corrected chi connectivity index (χ0v) is 12.7. The van der Waals surface area contributed by atoms with Crippen LogP contribution in [0, 0.1) is 0 Å². The van der Waals surface area contributed by atoms with E-state index in [0.29, 0.717) is 6.07 Å². The number of aliphatic hydroxyl groups excluding tert-OH is 2. The van der Waals surface area contributed by atoms with Crippen molar-refractivity contribution in [3.8, 4) is 11.5 Å². The Labute approximate surface area is 126 Å². The van der Waals surface area contributed by atoms with E-state index in [9.17, 15) is 16.8 Å². The summed E-state index contributed by atoms with van der Waals surface area (Å²) in [6.45, 7) is -1.63. The molecule has 4 N–H and O–H groups in total. The Balaban J connectivity index is 3.56. The van der Waals surface area contributed by atoms with Crippen LogP contribution < -0.4 is 9.47 Å². The van der Waals surface area contributed by atoms with Crippen LogP contribution in [0.25, 0.3) is 0 Å². The molecule has 0 heterocycles. The van der Waals surface area contributed by atoms with Crippen LogP contribution in [-0.2, 0) is 20.2 Å². The SMILES string of the molecule is O=S(=O)(O)c1cc(S(=O)(=O)O)c(OCCO)cc1OCCO. The molecule has 22 heavy (non-hydrogen) atoms. The zero-order chi connectivity index (χ0) is 17.0. The predicted molar refractivity (Wildman–Crippen MR) is 71.2 cm³/mol. The lowest BCUT2D eigenvalue weighted by Gasteiger charge is -2.14. The minimum Gasteiger partial charge on any atom is -0.490 e. The number of benzene rings is 1. The van der Waals surface area contributed by atoms with Crippen LogP contribution in [0.15, 0.2) is 21.9 Å². The molecule has 0 amide bonds. The highest BCUT2D eigenvalue weighted by molar-refractivity contribution is 7.86. The highest BCUT2D eigenvalue weighted by Crippen LogP contribution is 2.35. The van der Waals surface area contributed by atoms with Gasteiger partial charge in [0.15, 0.2) is 0 Å². The largest absolute Gasteiger partial charge is 0.490 e. The van der Waals surface area contributed by atoms with Crippen LogP contribution in [0.2, 0.25) is 0 Å². The van der Waals surface area contributed by atoms with Crippen molar-refractivity contribution < 1.29 is 45.6 Å². The van der Waals surface area contributed by atoms with E-state index in [1.54, 1.807) is 0 Å². The Bertz CT molecular complexity index is 663. The fraction of sp³-hybridized carbons (Fsp3) is 0.400. The molecular weight excluding hydrogens is 344 g/mol. The van der Waals surface area contributed by atoms with E-state index < -0.39 is 54.7 Å². The van der Waals surface area contributed by atoms with Gasteiger partial charge in [0.25, 0.3) is 20.2 Å². The van der Waals surface area contributed by atoms with Gasteiger partial charge >= 0.3 is 0 Å². The highest BCUT2D eigenvalue weighted by atomic mass is 32.2. The molecule has 0 unspecified atom stereocenters. The molecule has 1 aromatic rings. The summed E-state index contributed by atoms with van der Waals surface area (Å²) < 4.78 is 73.1. The van der Waals surface area contributed by atoms with Gasteiger partial charge in [-0.25, -0.2) is 0 Å². The fourth-order valence-electron chi connectivity index (χ4n) is 1.46. The van der Waals surface area contributed by atoms with E-state index in [1.807, 2.05) is 0 Å². The van der Waals surface area contributed by atoms with Crippen LogP contribution >= 0.6 is 0 Å². The Morgan fingerprint density at radius 3 is 1.41 bits per heavy atom. The summed E-state index contributed by atoms with van der Waals surface area (Å²) in [6.07, 6.45) is 0. The van der Waals surface area contributed by atoms with E-state index in [2.05, 4.69) is 0 Å². The van der Waals surface area contributed by atoms with Gasteiger partial charge in [-0.05, 0) is 6.07 Å². The number of ether oxygens (including phenoxy) is 2. The molecule has 0 atom stereocenters. The molecule has 0 saturated heterocycles. The molecule has 0 saturated carbocycles. The van der Waals surface area contributed by atoms with Crippen LogP contribution in [0.3, 0.4) is 0 Å². The maximum Gasteiger partial charge on any atom is 0.298 e. The first-order chi connectivity index (χ1) is 10.1. The third kappa shape index (κ3) is 4.79. The molecule has 0 aromatic heterocycles. The zero-order valence-electron chi connectivity index (χ0n) is 11.0. The van der Waals surface area contributed by atoms with Crippen molar-refractivity contribution in [2.24, 2.45) is 0 Å². The number of rotatable bonds is 8. The van der Waals surface area contributed by atoms with Gasteiger partial charge in [0.2, 0.25) is 0 Å². The summed E-state index contributed by atoms with van der Waals surface area (Å²) >= 11 is 0. The first kappa shape index (κ1) is 18.6. The van der Waals surface area contributed by atoms with Gasteiger partial charge in [-0.3, -0.25) is 9.11 Å². The lowest BCUT2D eigenvalue weighted by molar-refractivity contribution is 0.190. The summed E-state index contributed by atoms with van der Waals surface area (Å²) in [7, 11) is -9.74. The van der Waals surface area contributed by atoms with Crippen LogP contribution in [0.1, 0.15) is 0 Å². The predicted octanol–water partition coefficient (Wildman–Crippen LogP) is -1.08. The van der Waals surface area contributed by atoms with Crippen LogP contribution in [-0.4, -0.2) is 62.6 Å². The summed E-state index contributed by atoms with van der Waals surface area (Å²) in [6, 6.07) is 1.25. The standard InChI is InChI=1S/C10H14O10S2/c11-1-3-19-7-5-8(20-4-2-12)10(22(16,17)18)6-9(7)21(13,14)15/h5-6,11-12H,1-4H2,(H,13,14,15)(H,16,17,18). The summed E-state index contributed by atoms with van der Waals surface area (Å²) in [5.74, 6) is -0.978. The first-order valence-electron chi connectivity index (χ1n) is 5.71. The monoisotopic (exact) mass is 358 g/mol. The third-order valence-corrected chi connectivity index (χ3v) is 4.01. The number of hydrogen-bond donors (Lipinski definition) is 4. The molecule has 1 rings (SSSR count). The Morgan fingerprint density at radius 2 is 1.14 bits per heavy atom. The van der Waals surface area contributed by atoms with Crippen LogP contribution in [0.5, 0.6) is 11.5 Å². The molecule has 0 spiro atoms. The average molecular weight is 358 g/mol. The Hall–Kier alpha value is -1.44. The molecule has 0 bridgehead atoms. The molecular formula is C10H14O10S2. The lowest BCUT2D eigenvalue weighted by Crippen LogP contribution is -2.12. The van der Waals surface area contributed by atoms with Gasteiger partial charge < -0.3 is 19.7 Å². The second-order valence-corrected chi connectivity index (χ2v) is 6.62. The molecule has 10 nitrogen and oxygen atoms in total. The molecule has 1 aromatic carbocycles. The van der Waals surface area contributed by atoms with Gasteiger partial charge in [0.1, 0.15) is 34.5 Å². The maximum absolute atomic E-state index is 11.3. The van der Waals surface area contributed by atoms with Crippen molar-refractivity contribution >= 4 is 20.2 Å². The summed E-state index contributed by atoms with van der Waals surface area (Å²) in [5, 5.41) is 17.4. The molecule has 0 aliphatic rings. The average Bonchev–Trinajstić information content (AvgIpc) is 2.39. The fourth-order valence-corrected chi connectivity index (χ4v) is 2.81. The van der Waals surface area contributed by atoms with Crippen molar-refractivity contribution in [3.05, 3.63) is 12.1 Å². The minimum atomic E-state index is -4.87. The highest BCUT2D eigenvalue weighted by Gasteiger charge is 2.26. The number of hydrogen-bond acceptors (Lipinski definition) is 8. The summed E-state index contributed by atoms with van der Waals surface area (Å²) in [5.41, 5.74) is 0. The van der Waals surface area contributed by atoms with E-state index in [4.69, 9.17) is 28.8 Å². The second-order valence-electron chi connectivity index (χ2n) is 3.84. The molecule has 12 heteroatoms. The van der Waals surface area contributed by atoms with Crippen molar-refractivity contribution in [2.45, 2.75) is 9.79 Å². The summed E-state index contributed by atoms with van der Waals surface area (Å²) in [4.78, 5) is -1.85. The van der Waals surface area contributed by atoms with E-state index in [1.165, 1.54) is 0 Å². The molecule has 0 radical (unpaired) electrons. The minimum absolute atomic E-state index is 0.340. The van der Waals surface area contributed by atoms with Crippen molar-refractivity contribution in [1.82, 2.24) is 0 Å². The third-order valence-electron chi connectivity index (χ3n) is 2.26. The van der Waals surface area contributed by atoms with Crippen molar-refractivity contribution in [3.63, 3.8) is 0 Å². The first-order valence-corrected chi connectivity index (χ1v) is 8.59. The molecule has 126 valence electrons. The van der Waals surface area contributed by atoms with E-state index in [0.717, 1.165) is 6.07 Å². The maximum atomic E-state index is 11.3. The molecule has 0 aliphatic carbocycles. The molecule has 0 aliphatic heterocycles. The topological polar surface area (TPSA) is 168 Å². The Morgan fingerprint density at radius 1 is 0.773 bits per heavy atom. The lowest BCUT2D eigenvalue weighted by atomic mass is 10.3. The van der Waals surface area contributed by atoms with E-state index >= 15 is 0 Å². The second kappa shape index (κ2) is 7.21. The van der Waals surface area contributed by atoms with Crippen molar-refractivity contribution in [2.75, 3.05) is 26.4 Å². The smallest absolute Gasteiger partial charge is 0.298 e. The molecule has 0 fully saturated rings. The normalized spacial score (nSPS) is 12.2. The quantitative estimate of drug-likeness (QED) is 0.420.